The van der Waals surface area contributed by atoms with E-state index in [1.807, 2.05) is 18.2 Å². The number of aromatic amines is 1. The number of aryl methyl sites for hydroxylation is 1. The van der Waals surface area contributed by atoms with Crippen LogP contribution in [0.25, 0.3) is 21.8 Å². The topological polar surface area (TPSA) is 66.2 Å². The Morgan fingerprint density at radius 3 is 2.85 bits per heavy atom. The van der Waals surface area contributed by atoms with Crippen molar-refractivity contribution in [1.29, 1.82) is 0 Å². The summed E-state index contributed by atoms with van der Waals surface area (Å²) in [5, 5.41) is 6.62. The maximum Gasteiger partial charge on any atom is 0.184 e. The fourth-order valence-electron chi connectivity index (χ4n) is 2.38. The van der Waals surface area contributed by atoms with Gasteiger partial charge in [0.1, 0.15) is 0 Å². The van der Waals surface area contributed by atoms with Gasteiger partial charge in [0.15, 0.2) is 5.11 Å². The molecule has 4 N–H and O–H groups in total. The molecule has 0 atom stereocenters. The van der Waals surface area contributed by atoms with Gasteiger partial charge in [-0.1, -0.05) is 30.3 Å². The molecule has 20 heavy (non-hydrogen) atoms. The van der Waals surface area contributed by atoms with Crippen LogP contribution in [0.3, 0.4) is 0 Å². The number of fused-ring (bicyclic) bond motifs is 3. The average molecular weight is 282 g/mol. The van der Waals surface area contributed by atoms with Crippen LogP contribution in [0, 0.1) is 6.92 Å². The standard InChI is InChI=1S/C15H14N4S/c1-9-10(8-17-19-15(16)20)6-7-12-11-4-2-3-5-13(11)18-14(9)12/h2-8,18H,1H3,(H3,16,19,20). The zero-order valence-corrected chi connectivity index (χ0v) is 11.8. The largest absolute Gasteiger partial charge is 0.375 e. The van der Waals surface area contributed by atoms with Crippen LogP contribution < -0.4 is 11.2 Å². The number of para-hydroxylation sites is 1. The second kappa shape index (κ2) is 4.94. The van der Waals surface area contributed by atoms with E-state index < -0.39 is 0 Å². The van der Waals surface area contributed by atoms with Crippen molar-refractivity contribution in [3.63, 3.8) is 0 Å². The quantitative estimate of drug-likeness (QED) is 0.385. The molecule has 0 amide bonds. The zero-order chi connectivity index (χ0) is 14.1. The maximum absolute atomic E-state index is 5.34. The van der Waals surface area contributed by atoms with Gasteiger partial charge < -0.3 is 10.7 Å². The van der Waals surface area contributed by atoms with E-state index in [1.54, 1.807) is 6.21 Å². The minimum absolute atomic E-state index is 0.158. The van der Waals surface area contributed by atoms with E-state index in [-0.39, 0.29) is 5.11 Å². The van der Waals surface area contributed by atoms with Crippen LogP contribution in [0.1, 0.15) is 11.1 Å². The van der Waals surface area contributed by atoms with Crippen molar-refractivity contribution in [3.05, 3.63) is 47.5 Å². The summed E-state index contributed by atoms with van der Waals surface area (Å²) in [5.41, 5.74) is 12.3. The first kappa shape index (κ1) is 12.6. The number of hydrazone groups is 1. The highest BCUT2D eigenvalue weighted by Crippen LogP contribution is 2.28. The molecule has 3 rings (SSSR count). The number of nitrogens with one attached hydrogen (secondary N) is 2. The smallest absolute Gasteiger partial charge is 0.184 e. The number of nitrogens with two attached hydrogens (primary N) is 1. The van der Waals surface area contributed by atoms with Gasteiger partial charge in [0, 0.05) is 16.3 Å². The average Bonchev–Trinajstić information content (AvgIpc) is 2.81. The Morgan fingerprint density at radius 2 is 2.05 bits per heavy atom. The van der Waals surface area contributed by atoms with Gasteiger partial charge in [-0.2, -0.15) is 5.10 Å². The number of nitrogens with zero attached hydrogens (tertiary/aromatic N) is 1. The van der Waals surface area contributed by atoms with Crippen molar-refractivity contribution in [3.8, 4) is 0 Å². The molecular weight excluding hydrogens is 268 g/mol. The SMILES string of the molecule is Cc1c(C=NNC(N)=S)ccc2c1[nH]c1ccccc12. The number of aromatic nitrogens is 1. The van der Waals surface area contributed by atoms with Gasteiger partial charge in [-0.15, -0.1) is 0 Å². The molecule has 1 heterocycles. The Hall–Kier alpha value is -2.40. The van der Waals surface area contributed by atoms with E-state index >= 15 is 0 Å². The number of thiocarbonyl (C=S) groups is 1. The van der Waals surface area contributed by atoms with E-state index in [1.165, 1.54) is 10.8 Å². The molecule has 0 bridgehead atoms. The summed E-state index contributed by atoms with van der Waals surface area (Å²) < 4.78 is 0. The van der Waals surface area contributed by atoms with Gasteiger partial charge in [0.05, 0.1) is 11.7 Å². The van der Waals surface area contributed by atoms with Crippen LogP contribution in [0.15, 0.2) is 41.5 Å². The predicted molar refractivity (Wildman–Crippen MR) is 88.1 cm³/mol. The first-order chi connectivity index (χ1) is 9.66. The third-order valence-corrected chi connectivity index (χ3v) is 3.45. The summed E-state index contributed by atoms with van der Waals surface area (Å²) in [4.78, 5) is 3.45. The van der Waals surface area contributed by atoms with Crippen molar-refractivity contribution >= 4 is 45.4 Å². The van der Waals surface area contributed by atoms with E-state index in [0.29, 0.717) is 0 Å². The molecule has 5 heteroatoms. The molecule has 0 fully saturated rings. The Labute approximate surface area is 121 Å². The van der Waals surface area contributed by atoms with Gasteiger partial charge in [0.2, 0.25) is 0 Å². The Bertz CT molecular complexity index is 832. The molecule has 100 valence electrons. The monoisotopic (exact) mass is 282 g/mol. The van der Waals surface area contributed by atoms with Crippen molar-refractivity contribution in [2.24, 2.45) is 10.8 Å². The summed E-state index contributed by atoms with van der Waals surface area (Å²) in [7, 11) is 0. The van der Waals surface area contributed by atoms with Crippen LogP contribution >= 0.6 is 12.2 Å². The molecule has 1 aromatic heterocycles. The molecule has 0 saturated carbocycles. The second-order valence-corrected chi connectivity index (χ2v) is 5.05. The highest BCUT2D eigenvalue weighted by Gasteiger charge is 2.07. The molecule has 0 radical (unpaired) electrons. The fraction of sp³-hybridized carbons (Fsp3) is 0.0667. The Morgan fingerprint density at radius 1 is 1.25 bits per heavy atom. The zero-order valence-electron chi connectivity index (χ0n) is 11.0. The molecule has 0 aliphatic heterocycles. The predicted octanol–water partition coefficient (Wildman–Crippen LogP) is 2.80. The third kappa shape index (κ3) is 2.12. The first-order valence-corrected chi connectivity index (χ1v) is 6.66. The Balaban J connectivity index is 2.13. The number of rotatable bonds is 2. The molecule has 0 unspecified atom stereocenters. The fourth-order valence-corrected chi connectivity index (χ4v) is 2.43. The van der Waals surface area contributed by atoms with Crippen LogP contribution in [-0.2, 0) is 0 Å². The molecular formula is C15H14N4S. The van der Waals surface area contributed by atoms with Crippen LogP contribution in [0.5, 0.6) is 0 Å². The summed E-state index contributed by atoms with van der Waals surface area (Å²) in [6.07, 6.45) is 1.72. The van der Waals surface area contributed by atoms with E-state index in [4.69, 9.17) is 18.0 Å². The number of H-pyrrole nitrogens is 1. The van der Waals surface area contributed by atoms with Crippen LogP contribution in [0.2, 0.25) is 0 Å². The van der Waals surface area contributed by atoms with Crippen LogP contribution in [-0.4, -0.2) is 16.3 Å². The highest BCUT2D eigenvalue weighted by atomic mass is 32.1. The van der Waals surface area contributed by atoms with Crippen molar-refractivity contribution in [2.45, 2.75) is 6.92 Å². The highest BCUT2D eigenvalue weighted by molar-refractivity contribution is 7.80. The van der Waals surface area contributed by atoms with Crippen LogP contribution in [0.4, 0.5) is 0 Å². The normalized spacial score (nSPS) is 11.4. The molecule has 0 spiro atoms. The lowest BCUT2D eigenvalue weighted by atomic mass is 10.0. The van der Waals surface area contributed by atoms with E-state index in [2.05, 4.69) is 40.6 Å². The van der Waals surface area contributed by atoms with Gasteiger partial charge in [-0.05, 0) is 36.3 Å². The maximum atomic E-state index is 5.34. The summed E-state index contributed by atoms with van der Waals surface area (Å²) in [6.45, 7) is 2.07. The van der Waals surface area contributed by atoms with Crippen molar-refractivity contribution < 1.29 is 0 Å². The minimum Gasteiger partial charge on any atom is -0.375 e. The summed E-state index contributed by atoms with van der Waals surface area (Å²) in [5.74, 6) is 0. The lowest BCUT2D eigenvalue weighted by molar-refractivity contribution is 1.04. The van der Waals surface area contributed by atoms with Gasteiger partial charge >= 0.3 is 0 Å². The molecule has 0 saturated heterocycles. The van der Waals surface area contributed by atoms with E-state index in [9.17, 15) is 0 Å². The number of hydrogen-bond donors (Lipinski definition) is 3. The summed E-state index contributed by atoms with van der Waals surface area (Å²) in [6, 6.07) is 12.4. The van der Waals surface area contributed by atoms with Crippen molar-refractivity contribution in [2.75, 3.05) is 0 Å². The molecule has 3 aromatic rings. The number of benzene rings is 2. The van der Waals surface area contributed by atoms with Gasteiger partial charge in [-0.25, -0.2) is 0 Å². The molecule has 0 aliphatic rings. The number of hydrogen-bond acceptors (Lipinski definition) is 2. The second-order valence-electron chi connectivity index (χ2n) is 4.61. The first-order valence-electron chi connectivity index (χ1n) is 6.25. The Kier molecular flexibility index (Phi) is 3.12. The lowest BCUT2D eigenvalue weighted by Gasteiger charge is -2.02. The minimum atomic E-state index is 0.158. The summed E-state index contributed by atoms with van der Waals surface area (Å²) >= 11 is 4.71. The molecule has 4 nitrogen and oxygen atoms in total. The lowest BCUT2D eigenvalue weighted by Crippen LogP contribution is -2.24. The van der Waals surface area contributed by atoms with Gasteiger partial charge in [0.25, 0.3) is 0 Å². The molecule has 0 aliphatic carbocycles. The molecule has 2 aromatic carbocycles. The van der Waals surface area contributed by atoms with E-state index in [0.717, 1.165) is 22.2 Å². The van der Waals surface area contributed by atoms with Crippen molar-refractivity contribution in [1.82, 2.24) is 10.4 Å². The van der Waals surface area contributed by atoms with Gasteiger partial charge in [-0.3, -0.25) is 5.43 Å². The third-order valence-electron chi connectivity index (χ3n) is 3.36.